The number of methoxy groups -OCH3 is 2. The van der Waals surface area contributed by atoms with Gasteiger partial charge in [0.2, 0.25) is 5.91 Å². The summed E-state index contributed by atoms with van der Waals surface area (Å²) in [6, 6.07) is 5.63. The summed E-state index contributed by atoms with van der Waals surface area (Å²) in [7, 11) is 3.20. The van der Waals surface area contributed by atoms with Crippen LogP contribution in [0.25, 0.3) is 0 Å². The highest BCUT2D eigenvalue weighted by molar-refractivity contribution is 6.04. The van der Waals surface area contributed by atoms with Gasteiger partial charge in [-0.25, -0.2) is 9.80 Å². The number of piperidine rings is 1. The number of hydrogen-bond acceptors (Lipinski definition) is 5. The van der Waals surface area contributed by atoms with E-state index in [0.29, 0.717) is 50.3 Å². The maximum absolute atomic E-state index is 12.6. The van der Waals surface area contributed by atoms with Crippen LogP contribution in [0.4, 0.5) is 4.79 Å². The molecule has 30 heavy (non-hydrogen) atoms. The van der Waals surface area contributed by atoms with Gasteiger partial charge >= 0.3 is 6.03 Å². The molecule has 0 atom stereocenters. The van der Waals surface area contributed by atoms with Crippen molar-refractivity contribution in [1.29, 1.82) is 0 Å². The van der Waals surface area contributed by atoms with E-state index in [0.717, 1.165) is 11.3 Å². The molecule has 0 bridgehead atoms. The average Bonchev–Trinajstić information content (AvgIpc) is 2.72. The molecule has 164 valence electrons. The van der Waals surface area contributed by atoms with E-state index in [-0.39, 0.29) is 23.5 Å². The Morgan fingerprint density at radius 1 is 1.10 bits per heavy atom. The van der Waals surface area contributed by atoms with Gasteiger partial charge in [-0.1, -0.05) is 0 Å². The molecule has 0 spiro atoms. The van der Waals surface area contributed by atoms with Gasteiger partial charge < -0.3 is 19.7 Å². The van der Waals surface area contributed by atoms with Crippen molar-refractivity contribution in [1.82, 2.24) is 15.2 Å². The number of hydrazone groups is 1. The van der Waals surface area contributed by atoms with Gasteiger partial charge in [-0.15, -0.1) is 0 Å². The Morgan fingerprint density at radius 2 is 1.77 bits per heavy atom. The molecule has 1 saturated heterocycles. The molecule has 1 aromatic rings. The molecule has 0 aliphatic carbocycles. The van der Waals surface area contributed by atoms with Crippen molar-refractivity contribution in [3.63, 3.8) is 0 Å². The summed E-state index contributed by atoms with van der Waals surface area (Å²) in [5, 5.41) is 9.33. The molecule has 0 radical (unpaired) electrons. The third-order valence-electron chi connectivity index (χ3n) is 5.36. The quantitative estimate of drug-likeness (QED) is 0.818. The first-order valence-corrected chi connectivity index (χ1v) is 10.4. The van der Waals surface area contributed by atoms with Gasteiger partial charge in [0.1, 0.15) is 0 Å². The topological polar surface area (TPSA) is 83.5 Å². The summed E-state index contributed by atoms with van der Waals surface area (Å²) in [4.78, 5) is 26.8. The van der Waals surface area contributed by atoms with E-state index >= 15 is 0 Å². The van der Waals surface area contributed by atoms with Crippen molar-refractivity contribution in [2.75, 3.05) is 27.3 Å². The Labute approximate surface area is 178 Å². The molecular formula is C22H32N4O4. The van der Waals surface area contributed by atoms with Crippen LogP contribution in [0.5, 0.6) is 11.5 Å². The molecule has 0 aromatic heterocycles. The van der Waals surface area contributed by atoms with Crippen LogP contribution in [-0.2, 0) is 4.79 Å². The summed E-state index contributed by atoms with van der Waals surface area (Å²) < 4.78 is 10.7. The summed E-state index contributed by atoms with van der Waals surface area (Å²) in [5.41, 5.74) is 1.52. The SMILES string of the molecule is COc1ccc(C2=NN(C3CCN(C(=O)NC(C)(C)C)CC3)C(=O)CC2)cc1OC. The van der Waals surface area contributed by atoms with E-state index < -0.39 is 0 Å². The number of carbonyl (C=O) groups excluding carboxylic acids is 2. The highest BCUT2D eigenvalue weighted by atomic mass is 16.5. The maximum atomic E-state index is 12.6. The second-order valence-electron chi connectivity index (χ2n) is 8.75. The Balaban J connectivity index is 1.70. The van der Waals surface area contributed by atoms with Gasteiger partial charge in [0.15, 0.2) is 11.5 Å². The zero-order valence-electron chi connectivity index (χ0n) is 18.5. The van der Waals surface area contributed by atoms with Crippen LogP contribution >= 0.6 is 0 Å². The Bertz CT molecular complexity index is 823. The molecule has 8 nitrogen and oxygen atoms in total. The molecule has 3 rings (SSSR count). The van der Waals surface area contributed by atoms with Gasteiger partial charge in [0.25, 0.3) is 0 Å². The third kappa shape index (κ3) is 5.04. The van der Waals surface area contributed by atoms with Crippen LogP contribution in [0.15, 0.2) is 23.3 Å². The lowest BCUT2D eigenvalue weighted by Gasteiger charge is -2.38. The van der Waals surface area contributed by atoms with Crippen molar-refractivity contribution in [2.24, 2.45) is 5.10 Å². The molecule has 2 aliphatic heterocycles. The van der Waals surface area contributed by atoms with Crippen LogP contribution < -0.4 is 14.8 Å². The fourth-order valence-electron chi connectivity index (χ4n) is 3.79. The number of benzene rings is 1. The Morgan fingerprint density at radius 3 is 2.37 bits per heavy atom. The van der Waals surface area contributed by atoms with Crippen molar-refractivity contribution in [3.8, 4) is 11.5 Å². The van der Waals surface area contributed by atoms with Crippen LogP contribution in [0.2, 0.25) is 0 Å². The smallest absolute Gasteiger partial charge is 0.317 e. The zero-order valence-corrected chi connectivity index (χ0v) is 18.5. The highest BCUT2D eigenvalue weighted by Gasteiger charge is 2.33. The van der Waals surface area contributed by atoms with Crippen LogP contribution in [0, 0.1) is 0 Å². The Kier molecular flexibility index (Phi) is 6.53. The molecule has 0 unspecified atom stereocenters. The lowest BCUT2D eigenvalue weighted by molar-refractivity contribution is -0.135. The first kappa shape index (κ1) is 21.9. The van der Waals surface area contributed by atoms with Gasteiger partial charge in [-0.05, 0) is 51.8 Å². The lowest BCUT2D eigenvalue weighted by Crippen LogP contribution is -2.53. The number of ether oxygens (including phenoxy) is 2. The number of carbonyl (C=O) groups is 2. The molecule has 8 heteroatoms. The predicted octanol–water partition coefficient (Wildman–Crippen LogP) is 3.00. The minimum Gasteiger partial charge on any atom is -0.493 e. The van der Waals surface area contributed by atoms with Crippen molar-refractivity contribution < 1.29 is 19.1 Å². The summed E-state index contributed by atoms with van der Waals surface area (Å²) in [6.45, 7) is 7.12. The number of nitrogens with one attached hydrogen (secondary N) is 1. The minimum atomic E-state index is -0.268. The number of amides is 3. The summed E-state index contributed by atoms with van der Waals surface area (Å²) in [5.74, 6) is 1.34. The summed E-state index contributed by atoms with van der Waals surface area (Å²) >= 11 is 0. The monoisotopic (exact) mass is 416 g/mol. The molecule has 3 amide bonds. The zero-order chi connectivity index (χ0) is 21.9. The first-order valence-electron chi connectivity index (χ1n) is 10.4. The van der Waals surface area contributed by atoms with E-state index in [2.05, 4.69) is 5.32 Å². The van der Waals surface area contributed by atoms with Gasteiger partial charge in [-0.3, -0.25) is 4.79 Å². The van der Waals surface area contributed by atoms with Crippen molar-refractivity contribution in [3.05, 3.63) is 23.8 Å². The van der Waals surface area contributed by atoms with Gasteiger partial charge in [0.05, 0.1) is 26.0 Å². The summed E-state index contributed by atoms with van der Waals surface area (Å²) in [6.07, 6.45) is 2.45. The van der Waals surface area contributed by atoms with Crippen molar-refractivity contribution >= 4 is 17.6 Å². The van der Waals surface area contributed by atoms with E-state index in [1.54, 1.807) is 19.2 Å². The number of rotatable bonds is 4. The molecule has 0 saturated carbocycles. The van der Waals surface area contributed by atoms with Crippen LogP contribution in [0.3, 0.4) is 0 Å². The fraction of sp³-hybridized carbons (Fsp3) is 0.591. The normalized spacial score (nSPS) is 18.2. The third-order valence-corrected chi connectivity index (χ3v) is 5.36. The fourth-order valence-corrected chi connectivity index (χ4v) is 3.79. The predicted molar refractivity (Wildman–Crippen MR) is 115 cm³/mol. The lowest BCUT2D eigenvalue weighted by atomic mass is 10.0. The van der Waals surface area contributed by atoms with Crippen LogP contribution in [-0.4, -0.2) is 66.4 Å². The minimum absolute atomic E-state index is 0.00614. The number of urea groups is 1. The number of likely N-dealkylation sites (tertiary alicyclic amines) is 1. The Hall–Kier alpha value is -2.77. The second-order valence-corrected chi connectivity index (χ2v) is 8.75. The number of nitrogens with zero attached hydrogens (tertiary/aromatic N) is 3. The van der Waals surface area contributed by atoms with E-state index in [1.165, 1.54) is 0 Å². The van der Waals surface area contributed by atoms with E-state index in [4.69, 9.17) is 14.6 Å². The van der Waals surface area contributed by atoms with E-state index in [9.17, 15) is 9.59 Å². The van der Waals surface area contributed by atoms with Gasteiger partial charge in [0, 0.05) is 37.0 Å². The van der Waals surface area contributed by atoms with Gasteiger partial charge in [-0.2, -0.15) is 5.10 Å². The molecule has 2 heterocycles. The van der Waals surface area contributed by atoms with Crippen LogP contribution in [0.1, 0.15) is 52.0 Å². The number of hydrogen-bond donors (Lipinski definition) is 1. The standard InChI is InChI=1S/C22H32N4O4/c1-22(2,3)23-21(28)25-12-10-16(11-13-25)26-20(27)9-7-17(24-26)15-6-8-18(29-4)19(14-15)30-5/h6,8,14,16H,7,9-13H2,1-5H3,(H,23,28). The van der Waals surface area contributed by atoms with E-state index in [1.807, 2.05) is 43.9 Å². The maximum Gasteiger partial charge on any atom is 0.317 e. The molecule has 1 fully saturated rings. The molecule has 1 aromatic carbocycles. The van der Waals surface area contributed by atoms with Crippen molar-refractivity contribution in [2.45, 2.75) is 58.0 Å². The first-order chi connectivity index (χ1) is 14.2. The molecule has 2 aliphatic rings. The molecular weight excluding hydrogens is 384 g/mol. The molecule has 1 N–H and O–H groups in total. The average molecular weight is 417 g/mol. The highest BCUT2D eigenvalue weighted by Crippen LogP contribution is 2.30. The second kappa shape index (κ2) is 8.93. The largest absolute Gasteiger partial charge is 0.493 e.